The second kappa shape index (κ2) is 7.73. The van der Waals surface area contributed by atoms with Gasteiger partial charge in [0, 0.05) is 25.6 Å². The smallest absolute Gasteiger partial charge is 0.243 e. The molecule has 2 aliphatic rings. The van der Waals surface area contributed by atoms with E-state index >= 15 is 0 Å². The van der Waals surface area contributed by atoms with Crippen molar-refractivity contribution < 1.29 is 9.26 Å². The van der Waals surface area contributed by atoms with Crippen molar-refractivity contribution in [1.82, 2.24) is 19.9 Å². The average Bonchev–Trinajstić information content (AvgIpc) is 3.06. The molecule has 0 aliphatic carbocycles. The highest BCUT2D eigenvalue weighted by Gasteiger charge is 2.28. The number of hydrogen-bond acceptors (Lipinski definition) is 6. The highest BCUT2D eigenvalue weighted by molar-refractivity contribution is 4.96. The first kappa shape index (κ1) is 16.9. The van der Waals surface area contributed by atoms with Crippen molar-refractivity contribution in [3.63, 3.8) is 0 Å². The molecule has 6 heteroatoms. The molecule has 0 aromatic carbocycles. The number of piperidine rings is 1. The molecule has 0 saturated carbocycles. The average molecular weight is 322 g/mol. The quantitative estimate of drug-likeness (QED) is 0.829. The summed E-state index contributed by atoms with van der Waals surface area (Å²) in [6, 6.07) is 0.222. The van der Waals surface area contributed by atoms with Gasteiger partial charge < -0.3 is 9.26 Å². The van der Waals surface area contributed by atoms with Gasteiger partial charge in [-0.05, 0) is 38.8 Å². The van der Waals surface area contributed by atoms with E-state index in [0.29, 0.717) is 5.92 Å². The summed E-state index contributed by atoms with van der Waals surface area (Å²) >= 11 is 0. The Morgan fingerprint density at radius 2 is 1.78 bits per heavy atom. The monoisotopic (exact) mass is 322 g/mol. The van der Waals surface area contributed by atoms with Crippen LogP contribution in [-0.2, 0) is 4.74 Å². The van der Waals surface area contributed by atoms with Gasteiger partial charge in [0.2, 0.25) is 5.89 Å². The molecule has 1 aromatic rings. The minimum atomic E-state index is 0.222. The molecule has 0 spiro atoms. The lowest BCUT2D eigenvalue weighted by atomic mass is 9.95. The Morgan fingerprint density at radius 1 is 1.09 bits per heavy atom. The van der Waals surface area contributed by atoms with Gasteiger partial charge in [-0.15, -0.1) is 0 Å². The van der Waals surface area contributed by atoms with Crippen LogP contribution in [0.15, 0.2) is 4.52 Å². The van der Waals surface area contributed by atoms with Crippen molar-refractivity contribution in [2.24, 2.45) is 5.92 Å². The van der Waals surface area contributed by atoms with Crippen LogP contribution in [0.5, 0.6) is 0 Å². The Balaban J connectivity index is 1.47. The Kier molecular flexibility index (Phi) is 5.67. The number of hydrogen-bond donors (Lipinski definition) is 0. The fourth-order valence-corrected chi connectivity index (χ4v) is 3.48. The van der Waals surface area contributed by atoms with Gasteiger partial charge in [-0.25, -0.2) is 0 Å². The molecule has 0 bridgehead atoms. The van der Waals surface area contributed by atoms with Crippen LogP contribution in [0.2, 0.25) is 0 Å². The van der Waals surface area contributed by atoms with Crippen LogP contribution < -0.4 is 0 Å². The zero-order valence-corrected chi connectivity index (χ0v) is 14.7. The van der Waals surface area contributed by atoms with E-state index in [-0.39, 0.29) is 6.04 Å². The van der Waals surface area contributed by atoms with Gasteiger partial charge in [-0.3, -0.25) is 9.80 Å². The third-order valence-electron chi connectivity index (χ3n) is 5.15. The van der Waals surface area contributed by atoms with Gasteiger partial charge in [0.15, 0.2) is 5.82 Å². The first-order valence-electron chi connectivity index (χ1n) is 9.01. The van der Waals surface area contributed by atoms with Gasteiger partial charge in [0.1, 0.15) is 0 Å². The van der Waals surface area contributed by atoms with Crippen LogP contribution in [0.1, 0.15) is 57.3 Å². The molecular formula is C17H30N4O2. The van der Waals surface area contributed by atoms with E-state index in [4.69, 9.17) is 9.26 Å². The molecule has 3 heterocycles. The van der Waals surface area contributed by atoms with Crippen LogP contribution in [0.25, 0.3) is 0 Å². The van der Waals surface area contributed by atoms with Crippen LogP contribution in [-0.4, -0.2) is 65.9 Å². The minimum Gasteiger partial charge on any atom is -0.379 e. The van der Waals surface area contributed by atoms with Gasteiger partial charge in [0.25, 0.3) is 0 Å². The van der Waals surface area contributed by atoms with Gasteiger partial charge in [-0.2, -0.15) is 4.98 Å². The fourth-order valence-electron chi connectivity index (χ4n) is 3.48. The molecule has 6 nitrogen and oxygen atoms in total. The molecule has 1 aromatic heterocycles. The van der Waals surface area contributed by atoms with E-state index in [1.807, 2.05) is 0 Å². The summed E-state index contributed by atoms with van der Waals surface area (Å²) in [5, 5.41) is 4.09. The number of likely N-dealkylation sites (tertiary alicyclic amines) is 1. The zero-order chi connectivity index (χ0) is 16.2. The van der Waals surface area contributed by atoms with Gasteiger partial charge in [0.05, 0.1) is 19.3 Å². The maximum atomic E-state index is 5.46. The predicted molar refractivity (Wildman–Crippen MR) is 88.4 cm³/mol. The number of ether oxygens (including phenoxy) is 1. The molecule has 2 saturated heterocycles. The topological polar surface area (TPSA) is 54.6 Å². The Labute approximate surface area is 139 Å². The first-order valence-corrected chi connectivity index (χ1v) is 9.01. The Hall–Kier alpha value is -0.980. The molecule has 23 heavy (non-hydrogen) atoms. The van der Waals surface area contributed by atoms with Crippen LogP contribution in [0, 0.1) is 5.92 Å². The summed E-state index contributed by atoms with van der Waals surface area (Å²) < 4.78 is 10.9. The maximum Gasteiger partial charge on any atom is 0.243 e. The summed E-state index contributed by atoms with van der Waals surface area (Å²) in [6.45, 7) is 13.8. The summed E-state index contributed by atoms with van der Waals surface area (Å²) in [5.41, 5.74) is 0. The van der Waals surface area contributed by atoms with Crippen molar-refractivity contribution in [2.75, 3.05) is 45.9 Å². The standard InChI is InChI=1S/C17H30N4O2/c1-13(2)16-18-17(23-19-16)14(3)21-6-4-15(5-7-21)12-20-8-10-22-11-9-20/h13-15H,4-12H2,1-3H3/t14-/m1/s1. The summed E-state index contributed by atoms with van der Waals surface area (Å²) in [5.74, 6) is 2.71. The highest BCUT2D eigenvalue weighted by Crippen LogP contribution is 2.27. The van der Waals surface area contributed by atoms with E-state index in [1.54, 1.807) is 0 Å². The highest BCUT2D eigenvalue weighted by atomic mass is 16.5. The maximum absolute atomic E-state index is 5.46. The van der Waals surface area contributed by atoms with Gasteiger partial charge >= 0.3 is 0 Å². The van der Waals surface area contributed by atoms with Crippen molar-refractivity contribution >= 4 is 0 Å². The first-order chi connectivity index (χ1) is 11.1. The Morgan fingerprint density at radius 3 is 2.39 bits per heavy atom. The zero-order valence-electron chi connectivity index (χ0n) is 14.7. The normalized spacial score (nSPS) is 23.5. The summed E-state index contributed by atoms with van der Waals surface area (Å²) in [4.78, 5) is 9.59. The van der Waals surface area contributed by atoms with Crippen LogP contribution >= 0.6 is 0 Å². The Bertz CT molecular complexity index is 477. The van der Waals surface area contributed by atoms with Crippen molar-refractivity contribution in [2.45, 2.75) is 45.6 Å². The lowest BCUT2D eigenvalue weighted by Crippen LogP contribution is -2.43. The number of nitrogens with zero attached hydrogens (tertiary/aromatic N) is 4. The summed E-state index contributed by atoms with van der Waals surface area (Å²) in [6.07, 6.45) is 2.51. The summed E-state index contributed by atoms with van der Waals surface area (Å²) in [7, 11) is 0. The molecule has 2 fully saturated rings. The van der Waals surface area contributed by atoms with E-state index in [2.05, 4.69) is 40.7 Å². The number of aromatic nitrogens is 2. The van der Waals surface area contributed by atoms with Crippen molar-refractivity contribution in [3.05, 3.63) is 11.7 Å². The molecule has 130 valence electrons. The van der Waals surface area contributed by atoms with E-state index in [0.717, 1.165) is 57.0 Å². The van der Waals surface area contributed by atoms with Crippen LogP contribution in [0.3, 0.4) is 0 Å². The lowest BCUT2D eigenvalue weighted by Gasteiger charge is -2.37. The molecule has 0 unspecified atom stereocenters. The van der Waals surface area contributed by atoms with E-state index in [1.165, 1.54) is 19.4 Å². The van der Waals surface area contributed by atoms with Crippen LogP contribution in [0.4, 0.5) is 0 Å². The van der Waals surface area contributed by atoms with Crippen molar-refractivity contribution in [3.8, 4) is 0 Å². The molecule has 0 amide bonds. The molecule has 0 N–H and O–H groups in total. The molecule has 2 aliphatic heterocycles. The molecule has 3 rings (SSSR count). The molecule has 1 atom stereocenters. The number of morpholine rings is 1. The molecular weight excluding hydrogens is 292 g/mol. The fraction of sp³-hybridized carbons (Fsp3) is 0.882. The predicted octanol–water partition coefficient (Wildman–Crippen LogP) is 2.30. The second-order valence-electron chi connectivity index (χ2n) is 7.21. The molecule has 0 radical (unpaired) electrons. The SMILES string of the molecule is CC(C)c1noc([C@@H](C)N2CCC(CN3CCOCC3)CC2)n1. The van der Waals surface area contributed by atoms with Gasteiger partial charge in [-0.1, -0.05) is 19.0 Å². The lowest BCUT2D eigenvalue weighted by molar-refractivity contribution is 0.0217. The second-order valence-corrected chi connectivity index (χ2v) is 7.21. The number of rotatable bonds is 5. The minimum absolute atomic E-state index is 0.222. The third-order valence-corrected chi connectivity index (χ3v) is 5.15. The van der Waals surface area contributed by atoms with E-state index in [9.17, 15) is 0 Å². The van der Waals surface area contributed by atoms with Crippen molar-refractivity contribution in [1.29, 1.82) is 0 Å². The third kappa shape index (κ3) is 4.31. The van der Waals surface area contributed by atoms with E-state index < -0.39 is 0 Å². The largest absolute Gasteiger partial charge is 0.379 e.